The van der Waals surface area contributed by atoms with Gasteiger partial charge >= 0.3 is 0 Å². The molecule has 0 atom stereocenters. The van der Waals surface area contributed by atoms with Gasteiger partial charge in [0.05, 0.1) is 16.7 Å². The van der Waals surface area contributed by atoms with Crippen molar-refractivity contribution >= 4 is 64.1 Å². The van der Waals surface area contributed by atoms with E-state index in [1.807, 2.05) is 11.3 Å². The van der Waals surface area contributed by atoms with E-state index in [4.69, 9.17) is 15.0 Å². The van der Waals surface area contributed by atoms with Crippen molar-refractivity contribution in [2.45, 2.75) is 0 Å². The van der Waals surface area contributed by atoms with Crippen molar-refractivity contribution in [3.05, 3.63) is 206 Å². The molecule has 12 aromatic rings. The molecule has 0 spiro atoms. The average Bonchev–Trinajstić information content (AvgIpc) is 3.87. The van der Waals surface area contributed by atoms with E-state index in [-0.39, 0.29) is 0 Å². The van der Waals surface area contributed by atoms with Crippen molar-refractivity contribution in [1.82, 2.24) is 19.5 Å². The number of benzene rings is 9. The highest BCUT2D eigenvalue weighted by Gasteiger charge is 2.21. The van der Waals surface area contributed by atoms with Crippen LogP contribution in [0.1, 0.15) is 0 Å². The minimum absolute atomic E-state index is 0.607. The predicted octanol–water partition coefficient (Wildman–Crippen LogP) is 14.8. The smallest absolute Gasteiger partial charge is 0.166 e. The number of hydrogen-bond donors (Lipinski definition) is 0. The van der Waals surface area contributed by atoms with Gasteiger partial charge in [-0.2, -0.15) is 0 Å². The van der Waals surface area contributed by atoms with E-state index in [0.29, 0.717) is 17.5 Å². The summed E-state index contributed by atoms with van der Waals surface area (Å²) in [7, 11) is 0. The van der Waals surface area contributed by atoms with Gasteiger partial charge in [-0.3, -0.25) is 0 Å². The first-order valence-electron chi connectivity index (χ1n) is 20.2. The monoisotopic (exact) mass is 782 g/mol. The Balaban J connectivity index is 1.11. The molecule has 0 amide bonds. The normalized spacial score (nSPS) is 11.7. The second kappa shape index (κ2) is 14.0. The maximum Gasteiger partial charge on any atom is 0.166 e. The van der Waals surface area contributed by atoms with Gasteiger partial charge in [0.2, 0.25) is 0 Å². The highest BCUT2D eigenvalue weighted by Crippen LogP contribution is 2.40. The first-order chi connectivity index (χ1) is 29.7. The first kappa shape index (κ1) is 34.3. The molecule has 0 radical (unpaired) electrons. The number of thiophene rings is 1. The van der Waals surface area contributed by atoms with Crippen molar-refractivity contribution in [3.63, 3.8) is 0 Å². The molecule has 9 aromatic carbocycles. The summed E-state index contributed by atoms with van der Waals surface area (Å²) in [6, 6.07) is 73.4. The maximum absolute atomic E-state index is 5.40. The number of hydrogen-bond acceptors (Lipinski definition) is 4. The van der Waals surface area contributed by atoms with E-state index < -0.39 is 0 Å². The van der Waals surface area contributed by atoms with Gasteiger partial charge in [0.15, 0.2) is 17.5 Å². The summed E-state index contributed by atoms with van der Waals surface area (Å²) >= 11 is 1.84. The van der Waals surface area contributed by atoms with Gasteiger partial charge in [0, 0.05) is 47.6 Å². The number of aromatic nitrogens is 4. The van der Waals surface area contributed by atoms with Crippen molar-refractivity contribution in [3.8, 4) is 62.1 Å². The lowest BCUT2D eigenvalue weighted by Gasteiger charge is -2.17. The van der Waals surface area contributed by atoms with Crippen LogP contribution < -0.4 is 0 Å². The third-order valence-electron chi connectivity index (χ3n) is 11.7. The minimum Gasteiger partial charge on any atom is -0.308 e. The van der Waals surface area contributed by atoms with E-state index in [2.05, 4.69) is 211 Å². The van der Waals surface area contributed by atoms with Crippen molar-refractivity contribution in [2.24, 2.45) is 0 Å². The zero-order chi connectivity index (χ0) is 39.6. The lowest BCUT2D eigenvalue weighted by atomic mass is 10.00. The minimum atomic E-state index is 0.607. The van der Waals surface area contributed by atoms with E-state index >= 15 is 0 Å². The summed E-state index contributed by atoms with van der Waals surface area (Å²) in [5, 5.41) is 7.18. The summed E-state index contributed by atoms with van der Waals surface area (Å²) in [6.07, 6.45) is 0. The summed E-state index contributed by atoms with van der Waals surface area (Å²) in [5.74, 6) is 1.85. The van der Waals surface area contributed by atoms with E-state index in [1.54, 1.807) is 0 Å². The topological polar surface area (TPSA) is 43.6 Å². The largest absolute Gasteiger partial charge is 0.308 e. The Labute approximate surface area is 350 Å². The first-order valence-corrected chi connectivity index (χ1v) is 21.0. The van der Waals surface area contributed by atoms with Gasteiger partial charge in [-0.25, -0.2) is 15.0 Å². The Kier molecular flexibility index (Phi) is 8.00. The molecule has 3 heterocycles. The molecule has 0 aliphatic heterocycles. The SMILES string of the molecule is c1ccc(-c2ccc(-c3nc(-c4cccc(-c5ccc6sc7ccccc7c6c5)c4)nc(-c4cccc5ccccc45)n3)c(-n3c4ccccc4c4ccccc43)c2)cc1. The summed E-state index contributed by atoms with van der Waals surface area (Å²) in [4.78, 5) is 16.1. The number of nitrogens with zero attached hydrogens (tertiary/aromatic N) is 4. The Bertz CT molecular complexity index is 3560. The molecule has 0 aliphatic carbocycles. The van der Waals surface area contributed by atoms with Gasteiger partial charge in [0.25, 0.3) is 0 Å². The molecule has 4 nitrogen and oxygen atoms in total. The third kappa shape index (κ3) is 5.70. The molecule has 0 bridgehead atoms. The van der Waals surface area contributed by atoms with Gasteiger partial charge in [-0.15, -0.1) is 11.3 Å². The lowest BCUT2D eigenvalue weighted by Crippen LogP contribution is -2.04. The Morgan fingerprint density at radius 1 is 0.317 bits per heavy atom. The molecule has 60 heavy (non-hydrogen) atoms. The molecule has 0 unspecified atom stereocenters. The fourth-order valence-electron chi connectivity index (χ4n) is 8.81. The van der Waals surface area contributed by atoms with Crippen LogP contribution in [0.15, 0.2) is 206 Å². The number of rotatable bonds is 6. The standard InChI is InChI=1S/C55H34N4S/c1-2-14-35(15-3-1)39-28-30-46(50(34-39)59-48-25-9-6-21-42(48)43-22-7-10-26-49(43)59)55-57-53(56-54(58-55)45-24-13-17-36-16-4-5-20-41(36)45)40-19-12-18-37(32-40)38-29-31-52-47(33-38)44-23-8-11-27-51(44)60-52/h1-34H. The predicted molar refractivity (Wildman–Crippen MR) is 252 cm³/mol. The van der Waals surface area contributed by atoms with Crippen molar-refractivity contribution < 1.29 is 0 Å². The molecule has 5 heteroatoms. The zero-order valence-corrected chi connectivity index (χ0v) is 33.1. The molecule has 12 rings (SSSR count). The Hall–Kier alpha value is -7.73. The molecule has 0 fully saturated rings. The summed E-state index contributed by atoms with van der Waals surface area (Å²) in [6.45, 7) is 0. The van der Waals surface area contributed by atoms with E-state index in [1.165, 1.54) is 30.9 Å². The van der Waals surface area contributed by atoms with Crippen LogP contribution in [-0.4, -0.2) is 19.5 Å². The second-order valence-electron chi connectivity index (χ2n) is 15.2. The van der Waals surface area contributed by atoms with Gasteiger partial charge in [-0.05, 0) is 81.6 Å². The van der Waals surface area contributed by atoms with E-state index in [9.17, 15) is 0 Å². The molecule has 0 saturated heterocycles. The van der Waals surface area contributed by atoms with Crippen molar-refractivity contribution in [1.29, 1.82) is 0 Å². The highest BCUT2D eigenvalue weighted by atomic mass is 32.1. The van der Waals surface area contributed by atoms with Crippen LogP contribution in [0.3, 0.4) is 0 Å². The Morgan fingerprint density at radius 2 is 0.867 bits per heavy atom. The summed E-state index contributed by atoms with van der Waals surface area (Å²) in [5.41, 5.74) is 10.6. The number of para-hydroxylation sites is 2. The molecule has 0 N–H and O–H groups in total. The molecular formula is C55H34N4S. The molecule has 280 valence electrons. The molecule has 0 aliphatic rings. The fourth-order valence-corrected chi connectivity index (χ4v) is 9.89. The third-order valence-corrected chi connectivity index (χ3v) is 12.8. The van der Waals surface area contributed by atoms with Crippen LogP contribution in [0.4, 0.5) is 0 Å². The van der Waals surface area contributed by atoms with Gasteiger partial charge < -0.3 is 4.57 Å². The fraction of sp³-hybridized carbons (Fsp3) is 0. The van der Waals surface area contributed by atoms with Crippen LogP contribution in [0.25, 0.3) is 115 Å². The number of fused-ring (bicyclic) bond motifs is 7. The second-order valence-corrected chi connectivity index (χ2v) is 16.3. The average molecular weight is 783 g/mol. The van der Waals surface area contributed by atoms with Crippen LogP contribution in [0, 0.1) is 0 Å². The van der Waals surface area contributed by atoms with Gasteiger partial charge in [0.1, 0.15) is 0 Å². The molecule has 0 saturated carbocycles. The van der Waals surface area contributed by atoms with Crippen LogP contribution in [0.2, 0.25) is 0 Å². The zero-order valence-electron chi connectivity index (χ0n) is 32.3. The quantitative estimate of drug-likeness (QED) is 0.169. The maximum atomic E-state index is 5.40. The van der Waals surface area contributed by atoms with Gasteiger partial charge in [-0.1, -0.05) is 158 Å². The lowest BCUT2D eigenvalue weighted by molar-refractivity contribution is 1.07. The molecular weight excluding hydrogens is 749 g/mol. The van der Waals surface area contributed by atoms with Crippen LogP contribution >= 0.6 is 11.3 Å². The van der Waals surface area contributed by atoms with Crippen molar-refractivity contribution in [2.75, 3.05) is 0 Å². The van der Waals surface area contributed by atoms with Crippen LogP contribution in [0.5, 0.6) is 0 Å². The highest BCUT2D eigenvalue weighted by molar-refractivity contribution is 7.25. The summed E-state index contributed by atoms with van der Waals surface area (Å²) < 4.78 is 4.96. The van der Waals surface area contributed by atoms with Crippen LogP contribution in [-0.2, 0) is 0 Å². The molecule has 3 aromatic heterocycles. The van der Waals surface area contributed by atoms with E-state index in [0.717, 1.165) is 66.4 Å². The Morgan fingerprint density at radius 3 is 1.68 bits per heavy atom.